The maximum Gasteiger partial charge on any atom is 0.246 e. The van der Waals surface area contributed by atoms with Gasteiger partial charge in [0.2, 0.25) is 5.91 Å². The molecule has 1 rings (SSSR count). The summed E-state index contributed by atoms with van der Waals surface area (Å²) in [5.74, 6) is -0.0487. The number of carbonyl (C=O) groups is 1. The Hall–Kier alpha value is -0.610. The minimum atomic E-state index is -0.0487. The third-order valence-electron chi connectivity index (χ3n) is 1.33. The van der Waals surface area contributed by atoms with E-state index in [1.165, 1.54) is 0 Å². The molecule has 1 atom stereocenters. The summed E-state index contributed by atoms with van der Waals surface area (Å²) in [5.41, 5.74) is 0. The highest BCUT2D eigenvalue weighted by Crippen LogP contribution is 1.95. The van der Waals surface area contributed by atoms with Crippen LogP contribution in [0.5, 0.6) is 0 Å². The molecule has 1 aliphatic rings. The van der Waals surface area contributed by atoms with Gasteiger partial charge in [-0.3, -0.25) is 4.79 Å². The van der Waals surface area contributed by atoms with Crippen molar-refractivity contribution < 1.29 is 14.3 Å². The van der Waals surface area contributed by atoms with Gasteiger partial charge in [0, 0.05) is 13.7 Å². The topological polar surface area (TPSA) is 47.6 Å². The van der Waals surface area contributed by atoms with Crippen molar-refractivity contribution in [3.8, 4) is 0 Å². The number of amides is 1. The highest BCUT2D eigenvalue weighted by molar-refractivity contribution is 5.77. The summed E-state index contributed by atoms with van der Waals surface area (Å²) in [7, 11) is 1.61. The maximum atomic E-state index is 10.5. The quantitative estimate of drug-likeness (QED) is 0.550. The lowest BCUT2D eigenvalue weighted by Crippen LogP contribution is -2.44. The van der Waals surface area contributed by atoms with Gasteiger partial charge in [0.25, 0.3) is 0 Å². The van der Waals surface area contributed by atoms with Gasteiger partial charge in [-0.25, -0.2) is 0 Å². The van der Waals surface area contributed by atoms with E-state index in [0.717, 1.165) is 0 Å². The minimum absolute atomic E-state index is 0.0303. The fraction of sp³-hybridized carbons (Fsp3) is 0.833. The van der Waals surface area contributed by atoms with Crippen LogP contribution in [-0.4, -0.2) is 38.9 Å². The third kappa shape index (κ3) is 1.97. The number of nitrogens with one attached hydrogen (secondary N) is 1. The first-order chi connectivity index (χ1) is 4.83. The van der Waals surface area contributed by atoms with Crippen molar-refractivity contribution in [3.05, 3.63) is 0 Å². The Labute approximate surface area is 59.5 Å². The smallest absolute Gasteiger partial charge is 0.246 e. The Morgan fingerprint density at radius 3 is 3.20 bits per heavy atom. The van der Waals surface area contributed by atoms with Crippen molar-refractivity contribution in [2.75, 3.05) is 26.9 Å². The number of hydrogen-bond donors (Lipinski definition) is 1. The lowest BCUT2D eigenvalue weighted by Gasteiger charge is -2.21. The Morgan fingerprint density at radius 2 is 2.70 bits per heavy atom. The zero-order valence-corrected chi connectivity index (χ0v) is 5.92. The first kappa shape index (κ1) is 7.50. The summed E-state index contributed by atoms with van der Waals surface area (Å²) < 4.78 is 9.93. The van der Waals surface area contributed by atoms with Crippen molar-refractivity contribution in [3.63, 3.8) is 0 Å². The van der Waals surface area contributed by atoms with Crippen LogP contribution in [0, 0.1) is 0 Å². The van der Waals surface area contributed by atoms with Crippen LogP contribution in [-0.2, 0) is 14.3 Å². The van der Waals surface area contributed by atoms with E-state index < -0.39 is 0 Å². The van der Waals surface area contributed by atoms with E-state index in [4.69, 9.17) is 9.47 Å². The monoisotopic (exact) mass is 145 g/mol. The fourth-order valence-electron chi connectivity index (χ4n) is 0.824. The molecule has 0 aliphatic carbocycles. The number of methoxy groups -OCH3 is 1. The second kappa shape index (κ2) is 3.53. The van der Waals surface area contributed by atoms with E-state index in [1.807, 2.05) is 0 Å². The fourth-order valence-corrected chi connectivity index (χ4v) is 0.824. The van der Waals surface area contributed by atoms with Gasteiger partial charge in [-0.15, -0.1) is 0 Å². The molecule has 0 aromatic rings. The molecule has 58 valence electrons. The average Bonchev–Trinajstić information content (AvgIpc) is 1.95. The van der Waals surface area contributed by atoms with Crippen molar-refractivity contribution in [1.82, 2.24) is 5.32 Å². The number of rotatable bonds is 2. The molecule has 4 heteroatoms. The van der Waals surface area contributed by atoms with Crippen molar-refractivity contribution in [2.45, 2.75) is 6.10 Å². The zero-order valence-electron chi connectivity index (χ0n) is 5.92. The second-order valence-electron chi connectivity index (χ2n) is 2.19. The van der Waals surface area contributed by atoms with E-state index in [1.54, 1.807) is 7.11 Å². The van der Waals surface area contributed by atoms with E-state index in [9.17, 15) is 4.79 Å². The highest BCUT2D eigenvalue weighted by Gasteiger charge is 2.17. The molecule has 0 bridgehead atoms. The standard InChI is InChI=1S/C6H11NO3/c1-9-3-5-2-7-6(8)4-10-5/h5H,2-4H2,1H3,(H,7,8)/t5-/m0/s1. The number of morpholine rings is 1. The van der Waals surface area contributed by atoms with Gasteiger partial charge in [0.15, 0.2) is 0 Å². The second-order valence-corrected chi connectivity index (χ2v) is 2.19. The lowest BCUT2D eigenvalue weighted by molar-refractivity contribution is -0.135. The molecule has 0 radical (unpaired) electrons. The number of hydrogen-bond acceptors (Lipinski definition) is 3. The van der Waals surface area contributed by atoms with Gasteiger partial charge in [0.05, 0.1) is 12.7 Å². The van der Waals surface area contributed by atoms with Crippen LogP contribution in [0.3, 0.4) is 0 Å². The number of carbonyl (C=O) groups excluding carboxylic acids is 1. The van der Waals surface area contributed by atoms with Gasteiger partial charge >= 0.3 is 0 Å². The predicted molar refractivity (Wildman–Crippen MR) is 34.6 cm³/mol. The zero-order chi connectivity index (χ0) is 7.40. The molecule has 0 unspecified atom stereocenters. The summed E-state index contributed by atoms with van der Waals surface area (Å²) in [4.78, 5) is 10.5. The summed E-state index contributed by atoms with van der Waals surface area (Å²) in [6.07, 6.45) is 0.0303. The van der Waals surface area contributed by atoms with E-state index in [0.29, 0.717) is 13.2 Å². The van der Waals surface area contributed by atoms with E-state index in [-0.39, 0.29) is 18.6 Å². The van der Waals surface area contributed by atoms with Crippen LogP contribution in [0.25, 0.3) is 0 Å². The van der Waals surface area contributed by atoms with Crippen LogP contribution in [0.1, 0.15) is 0 Å². The van der Waals surface area contributed by atoms with E-state index in [2.05, 4.69) is 5.32 Å². The van der Waals surface area contributed by atoms with Crippen molar-refractivity contribution in [2.24, 2.45) is 0 Å². The molecule has 1 fully saturated rings. The molecular weight excluding hydrogens is 134 g/mol. The van der Waals surface area contributed by atoms with Gasteiger partial charge in [0.1, 0.15) is 6.61 Å². The molecule has 4 nitrogen and oxygen atoms in total. The van der Waals surface area contributed by atoms with Crippen LogP contribution in [0.2, 0.25) is 0 Å². The summed E-state index contributed by atoms with van der Waals surface area (Å²) >= 11 is 0. The van der Waals surface area contributed by atoms with Gasteiger partial charge < -0.3 is 14.8 Å². The van der Waals surface area contributed by atoms with Gasteiger partial charge in [-0.1, -0.05) is 0 Å². The lowest BCUT2D eigenvalue weighted by atomic mass is 10.3. The minimum Gasteiger partial charge on any atom is -0.382 e. The summed E-state index contributed by atoms with van der Waals surface area (Å²) in [5, 5.41) is 2.67. The molecule has 1 N–H and O–H groups in total. The Kier molecular flexibility index (Phi) is 2.65. The summed E-state index contributed by atoms with van der Waals surface area (Å²) in [6, 6.07) is 0. The predicted octanol–water partition coefficient (Wildman–Crippen LogP) is -0.852. The van der Waals surface area contributed by atoms with Crippen LogP contribution in [0.15, 0.2) is 0 Å². The molecule has 0 saturated carbocycles. The van der Waals surface area contributed by atoms with Crippen molar-refractivity contribution in [1.29, 1.82) is 0 Å². The molecule has 1 amide bonds. The summed E-state index contributed by atoms with van der Waals surface area (Å²) in [6.45, 7) is 1.26. The van der Waals surface area contributed by atoms with Crippen LogP contribution in [0.4, 0.5) is 0 Å². The maximum absolute atomic E-state index is 10.5. The number of ether oxygens (including phenoxy) is 2. The molecular formula is C6H11NO3. The molecule has 1 aliphatic heterocycles. The Balaban J connectivity index is 2.19. The largest absolute Gasteiger partial charge is 0.382 e. The molecule has 1 heterocycles. The molecule has 10 heavy (non-hydrogen) atoms. The molecule has 0 aromatic carbocycles. The first-order valence-electron chi connectivity index (χ1n) is 3.20. The molecule has 0 spiro atoms. The molecule has 0 aromatic heterocycles. The Bertz CT molecular complexity index is 116. The van der Waals surface area contributed by atoms with Crippen LogP contribution < -0.4 is 5.32 Å². The Morgan fingerprint density at radius 1 is 1.90 bits per heavy atom. The molecule has 1 saturated heterocycles. The van der Waals surface area contributed by atoms with Gasteiger partial charge in [-0.2, -0.15) is 0 Å². The van der Waals surface area contributed by atoms with Crippen LogP contribution >= 0.6 is 0 Å². The van der Waals surface area contributed by atoms with Gasteiger partial charge in [-0.05, 0) is 0 Å². The third-order valence-corrected chi connectivity index (χ3v) is 1.33. The average molecular weight is 145 g/mol. The van der Waals surface area contributed by atoms with Crippen molar-refractivity contribution >= 4 is 5.91 Å². The first-order valence-corrected chi connectivity index (χ1v) is 3.20. The highest BCUT2D eigenvalue weighted by atomic mass is 16.5. The SMILES string of the molecule is COC[C@@H]1CNC(=O)CO1. The normalized spacial score (nSPS) is 26.1. The van der Waals surface area contributed by atoms with E-state index >= 15 is 0 Å².